The monoisotopic (exact) mass is 629 g/mol. The van der Waals surface area contributed by atoms with Crippen LogP contribution in [-0.4, -0.2) is 37.1 Å². The van der Waals surface area contributed by atoms with Gasteiger partial charge in [0, 0.05) is 23.6 Å². The summed E-state index contributed by atoms with van der Waals surface area (Å²) < 4.78 is 12.9. The van der Waals surface area contributed by atoms with Gasteiger partial charge in [-0.3, -0.25) is 14.6 Å². The molecule has 4 aliphatic rings. The lowest BCUT2D eigenvalue weighted by Crippen LogP contribution is -2.54. The zero-order chi connectivity index (χ0) is 33.1. The molecular formula is C40H49B2NO4. The van der Waals surface area contributed by atoms with Gasteiger partial charge in [-0.1, -0.05) is 107 Å². The number of pyridine rings is 1. The van der Waals surface area contributed by atoms with Crippen molar-refractivity contribution in [1.29, 1.82) is 0 Å². The van der Waals surface area contributed by atoms with Crippen LogP contribution < -0.4 is 0 Å². The number of aromatic nitrogens is 1. The van der Waals surface area contributed by atoms with Crippen LogP contribution in [0.4, 0.5) is 0 Å². The predicted octanol–water partition coefficient (Wildman–Crippen LogP) is 8.54. The van der Waals surface area contributed by atoms with Gasteiger partial charge in [-0.05, 0) is 91.8 Å². The maximum atomic E-state index is 14.4. The van der Waals surface area contributed by atoms with E-state index in [0.29, 0.717) is 30.4 Å². The van der Waals surface area contributed by atoms with Gasteiger partial charge in [0.2, 0.25) is 0 Å². The SMILES string of the molecule is CCC(C)([B]CC(C)([B]CCC(=O)OC(C)(c1ccccc1)c1ccccc1)C(=O)OC12CC3CC(CC(C3)C1)C2)c1ccccn1. The summed E-state index contributed by atoms with van der Waals surface area (Å²) in [5.74, 6) is 1.58. The van der Waals surface area contributed by atoms with Crippen LogP contribution >= 0.6 is 0 Å². The van der Waals surface area contributed by atoms with Gasteiger partial charge in [-0.25, -0.2) is 0 Å². The molecule has 4 saturated carbocycles. The number of hydrogen-bond acceptors (Lipinski definition) is 5. The Labute approximate surface area is 283 Å². The van der Waals surface area contributed by atoms with Crippen molar-refractivity contribution in [3.63, 3.8) is 0 Å². The zero-order valence-electron chi connectivity index (χ0n) is 28.6. The lowest BCUT2D eigenvalue weighted by atomic mass is 9.37. The Morgan fingerprint density at radius 3 is 1.87 bits per heavy atom. The number of carbonyl (C=O) groups is 2. The van der Waals surface area contributed by atoms with Crippen LogP contribution in [0.25, 0.3) is 0 Å². The molecule has 4 bridgehead atoms. The van der Waals surface area contributed by atoms with Gasteiger partial charge in [0.25, 0.3) is 0 Å². The molecule has 2 unspecified atom stereocenters. The first-order valence-corrected chi connectivity index (χ1v) is 17.7. The van der Waals surface area contributed by atoms with E-state index in [0.717, 1.165) is 42.5 Å². The quantitative estimate of drug-likeness (QED) is 0.132. The molecule has 0 amide bonds. The number of carbonyl (C=O) groups excluding carboxylic acids is 2. The van der Waals surface area contributed by atoms with E-state index in [1.54, 1.807) is 0 Å². The lowest BCUT2D eigenvalue weighted by Gasteiger charge is -2.56. The molecule has 3 aromatic rings. The number of benzene rings is 2. The molecule has 7 heteroatoms. The van der Waals surface area contributed by atoms with Crippen molar-refractivity contribution in [2.24, 2.45) is 17.8 Å². The first-order chi connectivity index (χ1) is 22.5. The van der Waals surface area contributed by atoms with Crippen LogP contribution in [0, 0.1) is 17.8 Å². The topological polar surface area (TPSA) is 65.5 Å². The van der Waals surface area contributed by atoms with Crippen molar-refractivity contribution >= 4 is 26.5 Å². The van der Waals surface area contributed by atoms with Gasteiger partial charge in [0.1, 0.15) is 20.2 Å². The summed E-state index contributed by atoms with van der Waals surface area (Å²) in [6.07, 6.45) is 10.6. The van der Waals surface area contributed by atoms with Crippen LogP contribution in [-0.2, 0) is 30.0 Å². The molecule has 4 fully saturated rings. The number of ether oxygens (including phenoxy) is 2. The molecule has 5 nitrogen and oxygen atoms in total. The minimum atomic E-state index is -0.931. The molecule has 4 aliphatic carbocycles. The molecular weight excluding hydrogens is 580 g/mol. The van der Waals surface area contributed by atoms with Crippen molar-refractivity contribution in [3.8, 4) is 0 Å². The summed E-state index contributed by atoms with van der Waals surface area (Å²) in [5, 5.41) is -1.19. The Kier molecular flexibility index (Phi) is 9.74. The summed E-state index contributed by atoms with van der Waals surface area (Å²) in [6.45, 7) is 8.28. The molecule has 0 spiro atoms. The summed E-state index contributed by atoms with van der Waals surface area (Å²) >= 11 is 0. The fraction of sp³-hybridized carbons (Fsp3) is 0.525. The molecule has 47 heavy (non-hydrogen) atoms. The highest BCUT2D eigenvalue weighted by atomic mass is 16.6. The number of rotatable bonds is 14. The minimum absolute atomic E-state index is 0.165. The van der Waals surface area contributed by atoms with Crippen LogP contribution in [0.3, 0.4) is 0 Å². The normalized spacial score (nSPS) is 25.7. The average molecular weight is 629 g/mol. The average Bonchev–Trinajstić information content (AvgIpc) is 3.07. The molecule has 0 saturated heterocycles. The molecule has 2 aromatic carbocycles. The van der Waals surface area contributed by atoms with Gasteiger partial charge >= 0.3 is 11.9 Å². The van der Waals surface area contributed by atoms with Crippen molar-refractivity contribution in [2.45, 2.75) is 114 Å². The molecule has 7 rings (SSSR count). The minimum Gasteiger partial charge on any atom is -0.459 e. The van der Waals surface area contributed by atoms with Gasteiger partial charge in [0.05, 0.1) is 0 Å². The fourth-order valence-corrected chi connectivity index (χ4v) is 8.87. The van der Waals surface area contributed by atoms with E-state index in [-0.39, 0.29) is 29.3 Å². The maximum absolute atomic E-state index is 14.4. The Morgan fingerprint density at radius 2 is 1.36 bits per heavy atom. The molecule has 1 heterocycles. The van der Waals surface area contributed by atoms with Crippen LogP contribution in [0.1, 0.15) is 95.9 Å². The van der Waals surface area contributed by atoms with E-state index in [1.807, 2.05) is 100 Å². The van der Waals surface area contributed by atoms with Crippen molar-refractivity contribution in [3.05, 3.63) is 102 Å². The summed E-state index contributed by atoms with van der Waals surface area (Å²) in [5.41, 5.74) is 1.55. The third-order valence-electron chi connectivity index (χ3n) is 11.6. The molecule has 2 atom stereocenters. The van der Waals surface area contributed by atoms with E-state index in [2.05, 4.69) is 32.2 Å². The second kappa shape index (κ2) is 13.6. The predicted molar refractivity (Wildman–Crippen MR) is 188 cm³/mol. The third kappa shape index (κ3) is 7.25. The van der Waals surface area contributed by atoms with E-state index in [4.69, 9.17) is 9.47 Å². The Morgan fingerprint density at radius 1 is 0.809 bits per heavy atom. The number of nitrogens with zero attached hydrogens (tertiary/aromatic N) is 1. The highest BCUT2D eigenvalue weighted by molar-refractivity contribution is 6.52. The highest BCUT2D eigenvalue weighted by Gasteiger charge is 2.54. The van der Waals surface area contributed by atoms with Crippen molar-refractivity contribution < 1.29 is 19.1 Å². The lowest BCUT2D eigenvalue weighted by molar-refractivity contribution is -0.189. The van der Waals surface area contributed by atoms with E-state index in [9.17, 15) is 9.59 Å². The van der Waals surface area contributed by atoms with Crippen LogP contribution in [0.15, 0.2) is 85.1 Å². The first-order valence-electron chi connectivity index (χ1n) is 17.7. The maximum Gasteiger partial charge on any atom is 0.306 e. The molecule has 2 radical (unpaired) electrons. The van der Waals surface area contributed by atoms with Gasteiger partial charge in [-0.2, -0.15) is 0 Å². The standard InChI is InChI=1S/C40H49B2NO4/c1-5-37(2,34-18-12-13-21-43-34)42-28-38(3,36(45)47-40-25-29-22-30(26-40)24-31(23-29)27-40)41-20-19-35(44)46-39(4,32-14-8-6-9-15-32)33-16-10-7-11-17-33/h6-18,21,29-31H,5,19-20,22-28H2,1-4H3. The van der Waals surface area contributed by atoms with Crippen molar-refractivity contribution in [1.82, 2.24) is 4.98 Å². The van der Waals surface area contributed by atoms with Crippen molar-refractivity contribution in [2.75, 3.05) is 0 Å². The third-order valence-corrected chi connectivity index (χ3v) is 11.6. The first kappa shape index (κ1) is 33.6. The summed E-state index contributed by atoms with van der Waals surface area (Å²) in [6, 6.07) is 25.7. The van der Waals surface area contributed by atoms with E-state index in [1.165, 1.54) is 19.3 Å². The van der Waals surface area contributed by atoms with Crippen LogP contribution in [0.2, 0.25) is 18.0 Å². The number of esters is 2. The summed E-state index contributed by atoms with van der Waals surface area (Å²) in [4.78, 5) is 32.6. The zero-order valence-corrected chi connectivity index (χ0v) is 28.6. The van der Waals surface area contributed by atoms with Crippen LogP contribution in [0.5, 0.6) is 0 Å². The van der Waals surface area contributed by atoms with Gasteiger partial charge < -0.3 is 9.47 Å². The second-order valence-corrected chi connectivity index (χ2v) is 15.3. The summed E-state index contributed by atoms with van der Waals surface area (Å²) in [7, 11) is 4.26. The largest absolute Gasteiger partial charge is 0.459 e. The molecule has 0 N–H and O–H groups in total. The van der Waals surface area contributed by atoms with Gasteiger partial charge in [0.15, 0.2) is 5.60 Å². The highest BCUT2D eigenvalue weighted by Crippen LogP contribution is 2.58. The Balaban J connectivity index is 1.17. The molecule has 0 aliphatic heterocycles. The number of hydrogen-bond donors (Lipinski definition) is 0. The Hall–Kier alpha value is -3.34. The smallest absolute Gasteiger partial charge is 0.306 e. The fourth-order valence-electron chi connectivity index (χ4n) is 8.87. The van der Waals surface area contributed by atoms with E-state index < -0.39 is 10.9 Å². The van der Waals surface area contributed by atoms with Gasteiger partial charge in [-0.15, -0.1) is 0 Å². The molecule has 1 aromatic heterocycles. The van der Waals surface area contributed by atoms with E-state index >= 15 is 0 Å². The molecule has 244 valence electrons. The second-order valence-electron chi connectivity index (χ2n) is 15.3. The Bertz CT molecular complexity index is 1440.